The molecule has 4 rings (SSSR count). The van der Waals surface area contributed by atoms with E-state index >= 15 is 0 Å². The highest BCUT2D eigenvalue weighted by atomic mass is 14.8. The number of hydrogen-bond acceptors (Lipinski definition) is 6. The van der Waals surface area contributed by atoms with Gasteiger partial charge in [-0.15, -0.1) is 0 Å². The molecule has 0 aliphatic rings. The minimum Gasteiger partial charge on any atom is -0.255 e. The van der Waals surface area contributed by atoms with E-state index in [-0.39, 0.29) is 0 Å². The molecule has 64 heavy (non-hydrogen) atoms. The van der Waals surface area contributed by atoms with Crippen molar-refractivity contribution in [1.29, 1.82) is 10.5 Å². The van der Waals surface area contributed by atoms with E-state index in [0.717, 1.165) is 48.5 Å². The molecule has 4 heterocycles. The van der Waals surface area contributed by atoms with Gasteiger partial charge in [-0.2, -0.15) is 10.5 Å². The molecule has 0 saturated heterocycles. The van der Waals surface area contributed by atoms with E-state index < -0.39 is 0 Å². The Labute approximate surface area is 391 Å². The molecule has 0 aliphatic carbocycles. The molecule has 0 spiro atoms. The highest BCUT2D eigenvalue weighted by molar-refractivity contribution is 5.58. The third kappa shape index (κ3) is 24.0. The zero-order valence-corrected chi connectivity index (χ0v) is 41.1. The van der Waals surface area contributed by atoms with Gasteiger partial charge in [0.2, 0.25) is 0 Å². The molecule has 0 amide bonds. The van der Waals surface area contributed by atoms with Crippen LogP contribution in [-0.2, 0) is 25.7 Å². The third-order valence-corrected chi connectivity index (χ3v) is 12.4. The molecule has 0 fully saturated rings. The quantitative estimate of drug-likeness (QED) is 0.0434. The summed E-state index contributed by atoms with van der Waals surface area (Å²) >= 11 is 0. The lowest BCUT2D eigenvalue weighted by molar-refractivity contribution is 0.589. The van der Waals surface area contributed by atoms with Gasteiger partial charge in [-0.1, -0.05) is 182 Å². The van der Waals surface area contributed by atoms with Crippen LogP contribution in [0.5, 0.6) is 0 Å². The van der Waals surface area contributed by atoms with Crippen molar-refractivity contribution in [1.82, 2.24) is 19.9 Å². The van der Waals surface area contributed by atoms with Gasteiger partial charge in [-0.25, -0.2) is 9.97 Å². The first-order valence-electron chi connectivity index (χ1n) is 26.3. The Balaban J connectivity index is 0.000000340. The first-order valence-corrected chi connectivity index (χ1v) is 26.3. The van der Waals surface area contributed by atoms with Crippen LogP contribution in [0, 0.1) is 22.7 Å². The fraction of sp³-hybridized carbons (Fsp3) is 0.621. The van der Waals surface area contributed by atoms with Crippen molar-refractivity contribution >= 4 is 0 Å². The predicted octanol–water partition coefficient (Wildman–Crippen LogP) is 17.2. The lowest BCUT2D eigenvalue weighted by atomic mass is 10.0. The largest absolute Gasteiger partial charge is 0.255 e. The summed E-state index contributed by atoms with van der Waals surface area (Å²) in [5, 5.41) is 18.9. The standard InChI is InChI=1S/2C29H43N3/c2*1-3-5-7-9-11-13-15-17-25-19-20-31-28(22-25)29-23-26(21-27(24-30)32-29)18-16-14-12-10-8-6-4-2/h2*19-23H,3-18H2,1-2H3. The van der Waals surface area contributed by atoms with Crippen molar-refractivity contribution in [2.45, 2.75) is 233 Å². The van der Waals surface area contributed by atoms with E-state index in [1.54, 1.807) is 0 Å². The maximum atomic E-state index is 9.47. The Kier molecular flexibility index (Phi) is 30.2. The van der Waals surface area contributed by atoms with Gasteiger partial charge in [-0.3, -0.25) is 9.97 Å². The van der Waals surface area contributed by atoms with Crippen LogP contribution in [0.1, 0.15) is 241 Å². The first-order chi connectivity index (χ1) is 31.5. The second-order valence-corrected chi connectivity index (χ2v) is 18.3. The second-order valence-electron chi connectivity index (χ2n) is 18.3. The van der Waals surface area contributed by atoms with E-state index in [1.807, 2.05) is 24.5 Å². The molecule has 0 saturated carbocycles. The molecule has 6 nitrogen and oxygen atoms in total. The molecule has 4 aromatic heterocycles. The molecular formula is C58H86N6. The van der Waals surface area contributed by atoms with Gasteiger partial charge in [0, 0.05) is 12.4 Å². The van der Waals surface area contributed by atoms with Crippen LogP contribution in [0.4, 0.5) is 0 Å². The maximum absolute atomic E-state index is 9.47. The minimum absolute atomic E-state index is 0.500. The summed E-state index contributed by atoms with van der Waals surface area (Å²) in [5.74, 6) is 0. The van der Waals surface area contributed by atoms with Crippen molar-refractivity contribution in [3.05, 3.63) is 94.6 Å². The Morgan fingerprint density at radius 3 is 0.891 bits per heavy atom. The number of pyridine rings is 4. The fourth-order valence-corrected chi connectivity index (χ4v) is 8.52. The van der Waals surface area contributed by atoms with E-state index in [0.29, 0.717) is 11.4 Å². The molecule has 0 aliphatic heterocycles. The molecule has 0 N–H and O–H groups in total. The topological polar surface area (TPSA) is 99.1 Å². The van der Waals surface area contributed by atoms with Crippen LogP contribution in [0.25, 0.3) is 22.8 Å². The van der Waals surface area contributed by atoms with Crippen molar-refractivity contribution in [3.8, 4) is 34.9 Å². The molecule has 0 aromatic carbocycles. The summed E-state index contributed by atoms with van der Waals surface area (Å²) in [7, 11) is 0. The van der Waals surface area contributed by atoms with Gasteiger partial charge < -0.3 is 0 Å². The van der Waals surface area contributed by atoms with Crippen LogP contribution < -0.4 is 0 Å². The summed E-state index contributed by atoms with van der Waals surface area (Å²) < 4.78 is 0. The first kappa shape index (κ1) is 53.9. The Bertz CT molecular complexity index is 1750. The minimum atomic E-state index is 0.500. The smallest absolute Gasteiger partial charge is 0.141 e. The average molecular weight is 867 g/mol. The Morgan fingerprint density at radius 1 is 0.328 bits per heavy atom. The average Bonchev–Trinajstić information content (AvgIpc) is 3.33. The van der Waals surface area contributed by atoms with Crippen LogP contribution in [0.3, 0.4) is 0 Å². The Hall–Kier alpha value is -4.42. The molecular weight excluding hydrogens is 781 g/mol. The van der Waals surface area contributed by atoms with Gasteiger partial charge in [0.1, 0.15) is 23.5 Å². The zero-order valence-electron chi connectivity index (χ0n) is 41.1. The summed E-state index contributed by atoms with van der Waals surface area (Å²) in [4.78, 5) is 18.3. The highest BCUT2D eigenvalue weighted by Crippen LogP contribution is 2.23. The number of rotatable bonds is 34. The normalized spacial score (nSPS) is 10.9. The van der Waals surface area contributed by atoms with Gasteiger partial charge in [-0.05, 0) is 122 Å². The van der Waals surface area contributed by atoms with E-state index in [2.05, 4.69) is 96.2 Å². The zero-order chi connectivity index (χ0) is 45.7. The van der Waals surface area contributed by atoms with Gasteiger partial charge >= 0.3 is 0 Å². The van der Waals surface area contributed by atoms with Crippen molar-refractivity contribution < 1.29 is 0 Å². The van der Waals surface area contributed by atoms with E-state index in [4.69, 9.17) is 0 Å². The summed E-state index contributed by atoms with van der Waals surface area (Å²) in [5.41, 5.74) is 9.51. The van der Waals surface area contributed by atoms with Crippen LogP contribution in [0.2, 0.25) is 0 Å². The number of aryl methyl sites for hydroxylation is 4. The van der Waals surface area contributed by atoms with Crippen LogP contribution >= 0.6 is 0 Å². The predicted molar refractivity (Wildman–Crippen MR) is 271 cm³/mol. The van der Waals surface area contributed by atoms with Crippen molar-refractivity contribution in [3.63, 3.8) is 0 Å². The van der Waals surface area contributed by atoms with Gasteiger partial charge in [0.15, 0.2) is 0 Å². The molecule has 6 heteroatoms. The molecule has 0 radical (unpaired) electrons. The third-order valence-electron chi connectivity index (χ3n) is 12.4. The van der Waals surface area contributed by atoms with Crippen LogP contribution in [-0.4, -0.2) is 19.9 Å². The van der Waals surface area contributed by atoms with Crippen LogP contribution in [0.15, 0.2) is 60.9 Å². The number of aromatic nitrogens is 4. The maximum Gasteiger partial charge on any atom is 0.141 e. The monoisotopic (exact) mass is 867 g/mol. The highest BCUT2D eigenvalue weighted by Gasteiger charge is 2.10. The van der Waals surface area contributed by atoms with E-state index in [1.165, 1.54) is 202 Å². The lowest BCUT2D eigenvalue weighted by Crippen LogP contribution is -1.96. The fourth-order valence-electron chi connectivity index (χ4n) is 8.52. The molecule has 0 atom stereocenters. The number of unbranched alkanes of at least 4 members (excludes halogenated alkanes) is 24. The summed E-state index contributed by atoms with van der Waals surface area (Å²) in [6.07, 6.45) is 44.7. The molecule has 348 valence electrons. The lowest BCUT2D eigenvalue weighted by Gasteiger charge is -2.08. The second kappa shape index (κ2) is 35.9. The molecule has 0 bridgehead atoms. The summed E-state index contributed by atoms with van der Waals surface area (Å²) in [6, 6.07) is 21.2. The SMILES string of the molecule is CCCCCCCCCc1ccnc(-c2cc(CCCCCCCCC)cc(C#N)n2)c1.CCCCCCCCCc1ccnc(-c2cc(CCCCCCCCC)cc(C#N)n2)c1. The van der Waals surface area contributed by atoms with Crippen molar-refractivity contribution in [2.24, 2.45) is 0 Å². The Morgan fingerprint density at radius 2 is 0.594 bits per heavy atom. The number of nitriles is 2. The van der Waals surface area contributed by atoms with Crippen molar-refractivity contribution in [2.75, 3.05) is 0 Å². The number of hydrogen-bond donors (Lipinski definition) is 0. The summed E-state index contributed by atoms with van der Waals surface area (Å²) in [6.45, 7) is 9.05. The number of nitrogens with zero attached hydrogens (tertiary/aromatic N) is 6. The van der Waals surface area contributed by atoms with Gasteiger partial charge in [0.05, 0.1) is 22.8 Å². The van der Waals surface area contributed by atoms with E-state index in [9.17, 15) is 10.5 Å². The molecule has 4 aromatic rings. The van der Waals surface area contributed by atoms with Gasteiger partial charge in [0.25, 0.3) is 0 Å². The molecule has 0 unspecified atom stereocenters.